The SMILES string of the molecule is C[C@@H]1C[C@H](O)[C@]23COC(=O)[C@@]1(C[C@H](O)c1ccoc1)[C@H]2CCC[C@]3(O)CCl. The van der Waals surface area contributed by atoms with Gasteiger partial charge in [-0.3, -0.25) is 4.79 Å². The molecule has 3 N–H and O–H groups in total. The van der Waals surface area contributed by atoms with Gasteiger partial charge in [-0.05, 0) is 43.6 Å². The van der Waals surface area contributed by atoms with Crippen molar-refractivity contribution in [2.45, 2.75) is 56.8 Å². The summed E-state index contributed by atoms with van der Waals surface area (Å²) in [5.41, 5.74) is -2.67. The molecule has 0 spiro atoms. The summed E-state index contributed by atoms with van der Waals surface area (Å²) in [6.07, 6.45) is 3.66. The summed E-state index contributed by atoms with van der Waals surface area (Å²) in [6, 6.07) is 1.68. The zero-order valence-electron chi connectivity index (χ0n) is 15.4. The monoisotopic (exact) mass is 398 g/mol. The largest absolute Gasteiger partial charge is 0.472 e. The highest BCUT2D eigenvalue weighted by Crippen LogP contribution is 2.67. The van der Waals surface area contributed by atoms with Crippen molar-refractivity contribution in [1.82, 2.24) is 0 Å². The van der Waals surface area contributed by atoms with Crippen LogP contribution in [0.3, 0.4) is 0 Å². The maximum absolute atomic E-state index is 13.1. The first-order valence-corrected chi connectivity index (χ1v) is 10.2. The molecule has 0 amide bonds. The number of carbonyl (C=O) groups is 1. The van der Waals surface area contributed by atoms with Gasteiger partial charge in [-0.25, -0.2) is 0 Å². The summed E-state index contributed by atoms with van der Waals surface area (Å²) in [7, 11) is 0. The van der Waals surface area contributed by atoms with Gasteiger partial charge in [0.15, 0.2) is 0 Å². The number of halogens is 1. The van der Waals surface area contributed by atoms with Crippen molar-refractivity contribution in [3.05, 3.63) is 24.2 Å². The summed E-state index contributed by atoms with van der Waals surface area (Å²) in [5.74, 6) is -0.863. The Kier molecular flexibility index (Phi) is 4.62. The molecule has 3 aliphatic rings. The first kappa shape index (κ1) is 19.2. The van der Waals surface area contributed by atoms with E-state index in [-0.39, 0.29) is 36.7 Å². The fraction of sp³-hybridized carbons (Fsp3) is 0.750. The molecule has 27 heavy (non-hydrogen) atoms. The molecule has 2 aliphatic carbocycles. The Hall–Kier alpha value is -1.08. The molecule has 0 unspecified atom stereocenters. The highest BCUT2D eigenvalue weighted by Gasteiger charge is 2.74. The van der Waals surface area contributed by atoms with Crippen molar-refractivity contribution >= 4 is 17.6 Å². The van der Waals surface area contributed by atoms with Crippen LogP contribution in [-0.2, 0) is 9.53 Å². The molecule has 1 aromatic rings. The summed E-state index contributed by atoms with van der Waals surface area (Å²) in [6.45, 7) is 1.90. The molecule has 0 aromatic carbocycles. The van der Waals surface area contributed by atoms with E-state index in [1.807, 2.05) is 6.92 Å². The lowest BCUT2D eigenvalue weighted by Gasteiger charge is -2.67. The summed E-state index contributed by atoms with van der Waals surface area (Å²) >= 11 is 6.19. The Morgan fingerprint density at radius 2 is 2.22 bits per heavy atom. The van der Waals surface area contributed by atoms with Crippen molar-refractivity contribution < 1.29 is 29.3 Å². The van der Waals surface area contributed by atoms with Crippen LogP contribution in [0.4, 0.5) is 0 Å². The summed E-state index contributed by atoms with van der Waals surface area (Å²) < 4.78 is 10.7. The van der Waals surface area contributed by atoms with Crippen LogP contribution in [0.15, 0.2) is 23.0 Å². The number of esters is 1. The van der Waals surface area contributed by atoms with Crippen LogP contribution in [-0.4, -0.2) is 45.5 Å². The van der Waals surface area contributed by atoms with Gasteiger partial charge >= 0.3 is 5.97 Å². The predicted molar refractivity (Wildman–Crippen MR) is 96.9 cm³/mol. The smallest absolute Gasteiger partial charge is 0.312 e. The molecule has 1 aromatic heterocycles. The number of hydrogen-bond donors (Lipinski definition) is 3. The number of hydrogen-bond acceptors (Lipinski definition) is 6. The molecule has 0 radical (unpaired) electrons. The van der Waals surface area contributed by atoms with Crippen LogP contribution in [0.1, 0.15) is 50.7 Å². The highest BCUT2D eigenvalue weighted by molar-refractivity contribution is 6.18. The lowest BCUT2D eigenvalue weighted by molar-refractivity contribution is -0.294. The lowest BCUT2D eigenvalue weighted by atomic mass is 9.40. The second-order valence-electron chi connectivity index (χ2n) is 8.70. The summed E-state index contributed by atoms with van der Waals surface area (Å²) in [4.78, 5) is 13.1. The van der Waals surface area contributed by atoms with Crippen molar-refractivity contribution in [1.29, 1.82) is 0 Å². The van der Waals surface area contributed by atoms with Crippen LogP contribution < -0.4 is 0 Å². The van der Waals surface area contributed by atoms with Crippen molar-refractivity contribution in [3.63, 3.8) is 0 Å². The van der Waals surface area contributed by atoms with Crippen molar-refractivity contribution in [3.8, 4) is 0 Å². The van der Waals surface area contributed by atoms with E-state index in [0.717, 1.165) is 0 Å². The van der Waals surface area contributed by atoms with E-state index >= 15 is 0 Å². The topological polar surface area (TPSA) is 100 Å². The van der Waals surface area contributed by atoms with Crippen LogP contribution in [0, 0.1) is 22.7 Å². The fourth-order valence-electron chi connectivity index (χ4n) is 6.29. The van der Waals surface area contributed by atoms with Crippen LogP contribution in [0.25, 0.3) is 0 Å². The van der Waals surface area contributed by atoms with Gasteiger partial charge in [-0.2, -0.15) is 0 Å². The Morgan fingerprint density at radius 3 is 2.89 bits per heavy atom. The van der Waals surface area contributed by atoms with E-state index in [4.69, 9.17) is 20.8 Å². The normalized spacial score (nSPS) is 45.1. The molecule has 6 nitrogen and oxygen atoms in total. The van der Waals surface area contributed by atoms with Crippen molar-refractivity contribution in [2.24, 2.45) is 22.7 Å². The van der Waals surface area contributed by atoms with E-state index in [0.29, 0.717) is 31.2 Å². The van der Waals surface area contributed by atoms with Crippen LogP contribution in [0.2, 0.25) is 0 Å². The minimum Gasteiger partial charge on any atom is -0.472 e. The van der Waals surface area contributed by atoms with E-state index in [1.54, 1.807) is 6.07 Å². The average molecular weight is 399 g/mol. The maximum atomic E-state index is 13.1. The van der Waals surface area contributed by atoms with E-state index < -0.39 is 28.6 Å². The number of furan rings is 1. The number of aliphatic hydroxyl groups excluding tert-OH is 2. The Bertz CT molecular complexity index is 707. The Balaban J connectivity index is 1.82. The summed E-state index contributed by atoms with van der Waals surface area (Å²) in [5, 5.41) is 33.3. The Morgan fingerprint density at radius 1 is 1.44 bits per heavy atom. The van der Waals surface area contributed by atoms with E-state index in [9.17, 15) is 20.1 Å². The molecule has 2 saturated carbocycles. The third-order valence-electron chi connectivity index (χ3n) is 7.75. The minimum atomic E-state index is -1.30. The second-order valence-corrected chi connectivity index (χ2v) is 8.96. The van der Waals surface area contributed by atoms with Crippen LogP contribution in [0.5, 0.6) is 0 Å². The van der Waals surface area contributed by atoms with Gasteiger partial charge in [0.2, 0.25) is 0 Å². The van der Waals surface area contributed by atoms with Gasteiger partial charge in [-0.15, -0.1) is 11.6 Å². The fourth-order valence-corrected chi connectivity index (χ4v) is 6.67. The number of carbonyl (C=O) groups excluding carboxylic acids is 1. The van der Waals surface area contributed by atoms with E-state index in [2.05, 4.69) is 0 Å². The third-order valence-corrected chi connectivity index (χ3v) is 8.19. The maximum Gasteiger partial charge on any atom is 0.312 e. The number of rotatable bonds is 4. The molecule has 7 atom stereocenters. The molecule has 1 aliphatic heterocycles. The predicted octanol–water partition coefficient (Wildman–Crippen LogP) is 2.40. The second kappa shape index (κ2) is 6.48. The number of cyclic esters (lactones) is 1. The molecule has 150 valence electrons. The van der Waals surface area contributed by atoms with Crippen molar-refractivity contribution in [2.75, 3.05) is 12.5 Å². The quantitative estimate of drug-likeness (QED) is 0.532. The zero-order chi connectivity index (χ0) is 19.4. The van der Waals surface area contributed by atoms with Gasteiger partial charge < -0.3 is 24.5 Å². The molecule has 7 heteroatoms. The molecule has 3 fully saturated rings. The third kappa shape index (κ3) is 2.40. The van der Waals surface area contributed by atoms with Gasteiger partial charge in [0.05, 0.1) is 47.0 Å². The van der Waals surface area contributed by atoms with Gasteiger partial charge in [-0.1, -0.05) is 13.3 Å². The number of aliphatic hydroxyl groups is 3. The molecular weight excluding hydrogens is 372 g/mol. The first-order chi connectivity index (χ1) is 12.8. The average Bonchev–Trinajstić information content (AvgIpc) is 3.18. The highest BCUT2D eigenvalue weighted by atomic mass is 35.5. The molecule has 2 heterocycles. The Labute approximate surface area is 163 Å². The zero-order valence-corrected chi connectivity index (χ0v) is 16.2. The molecule has 4 rings (SSSR count). The van der Waals surface area contributed by atoms with Gasteiger partial charge in [0.1, 0.15) is 6.61 Å². The van der Waals surface area contributed by atoms with Crippen LogP contribution >= 0.6 is 11.6 Å². The molecule has 2 bridgehead atoms. The lowest BCUT2D eigenvalue weighted by Crippen LogP contribution is -2.75. The standard InChI is InChI=1S/C20H27ClO6/c1-12-7-16(23)20-11-27-17(24)19(12,8-14(22)13-4-6-26-9-13)15(20)3-2-5-18(20,25)10-21/h4,6,9,12,14-16,22-23,25H,2-3,5,7-8,10-11H2,1H3/t12-,14+,15-,16+,18+,19-,20+/m1/s1. The van der Waals surface area contributed by atoms with Gasteiger partial charge in [0, 0.05) is 5.56 Å². The van der Waals surface area contributed by atoms with E-state index in [1.165, 1.54) is 12.5 Å². The molecule has 1 saturated heterocycles. The number of alkyl halides is 1. The number of ether oxygens (including phenoxy) is 1. The molecular formula is C20H27ClO6. The van der Waals surface area contributed by atoms with Gasteiger partial charge in [0.25, 0.3) is 0 Å². The minimum absolute atomic E-state index is 0.0210. The first-order valence-electron chi connectivity index (χ1n) is 9.65.